The van der Waals surface area contributed by atoms with Crippen LogP contribution < -0.4 is 5.32 Å². The van der Waals surface area contributed by atoms with E-state index in [-0.39, 0.29) is 30.8 Å². The maximum atomic E-state index is 11.6. The molecule has 100 valence electrons. The Hall–Kier alpha value is -1.47. The van der Waals surface area contributed by atoms with Gasteiger partial charge in [0.25, 0.3) is 0 Å². The molecule has 2 fully saturated rings. The molecule has 2 aliphatic heterocycles. The Bertz CT molecular complexity index is 371. The average molecular weight is 255 g/mol. The van der Waals surface area contributed by atoms with Crippen LogP contribution in [0.25, 0.3) is 0 Å². The molecule has 0 aromatic rings. The maximum absolute atomic E-state index is 11.6. The monoisotopic (exact) mass is 255 g/mol. The number of amides is 2. The highest BCUT2D eigenvalue weighted by Crippen LogP contribution is 2.13. The van der Waals surface area contributed by atoms with Crippen molar-refractivity contribution in [3.63, 3.8) is 0 Å². The summed E-state index contributed by atoms with van der Waals surface area (Å²) in [5.74, 6) is -1.29. The standard InChI is InChI=1S/C11H17N3O4/c15-9-6-8(11(18)12-9)14-3-1-2-13(4-5-14)7-10(16)17/h8H,1-7H2,(H,16,17)(H,12,15,18). The fourth-order valence-corrected chi connectivity index (χ4v) is 2.49. The minimum absolute atomic E-state index is 0.0314. The molecule has 0 aromatic carbocycles. The number of rotatable bonds is 3. The number of nitrogens with one attached hydrogen (secondary N) is 1. The van der Waals surface area contributed by atoms with E-state index in [0.29, 0.717) is 19.6 Å². The van der Waals surface area contributed by atoms with Gasteiger partial charge < -0.3 is 5.11 Å². The normalized spacial score (nSPS) is 27.0. The minimum atomic E-state index is -0.836. The van der Waals surface area contributed by atoms with Crippen LogP contribution in [-0.2, 0) is 14.4 Å². The van der Waals surface area contributed by atoms with Crippen LogP contribution in [-0.4, -0.2) is 71.5 Å². The zero-order chi connectivity index (χ0) is 13.1. The first-order valence-electron chi connectivity index (χ1n) is 6.08. The number of carbonyl (C=O) groups is 3. The molecule has 2 rings (SSSR count). The molecule has 0 bridgehead atoms. The summed E-state index contributed by atoms with van der Waals surface area (Å²) in [7, 11) is 0. The number of carboxylic acid groups (broad SMARTS) is 1. The summed E-state index contributed by atoms with van der Waals surface area (Å²) in [6.07, 6.45) is 1.03. The number of aliphatic carboxylic acids is 1. The molecule has 0 radical (unpaired) electrons. The van der Waals surface area contributed by atoms with Crippen molar-refractivity contribution in [3.8, 4) is 0 Å². The molecule has 7 nitrogen and oxygen atoms in total. The number of imide groups is 1. The van der Waals surface area contributed by atoms with Crippen molar-refractivity contribution in [1.29, 1.82) is 0 Å². The molecule has 18 heavy (non-hydrogen) atoms. The van der Waals surface area contributed by atoms with Gasteiger partial charge in [-0.25, -0.2) is 0 Å². The predicted octanol–water partition coefficient (Wildman–Crippen LogP) is -1.51. The lowest BCUT2D eigenvalue weighted by Gasteiger charge is -2.24. The first kappa shape index (κ1) is 13.0. The van der Waals surface area contributed by atoms with Crippen molar-refractivity contribution >= 4 is 17.8 Å². The maximum Gasteiger partial charge on any atom is 0.317 e. The lowest BCUT2D eigenvalue weighted by molar-refractivity contribution is -0.138. The van der Waals surface area contributed by atoms with E-state index in [2.05, 4.69) is 5.32 Å². The lowest BCUT2D eigenvalue weighted by Crippen LogP contribution is -2.43. The molecule has 1 atom stereocenters. The molecule has 2 saturated heterocycles. The second-order valence-corrected chi connectivity index (χ2v) is 4.69. The van der Waals surface area contributed by atoms with Gasteiger partial charge in [-0.15, -0.1) is 0 Å². The number of carboxylic acids is 1. The molecule has 7 heteroatoms. The van der Waals surface area contributed by atoms with E-state index in [0.717, 1.165) is 13.0 Å². The van der Waals surface area contributed by atoms with Gasteiger partial charge >= 0.3 is 5.97 Å². The molecule has 0 aliphatic carbocycles. The second kappa shape index (κ2) is 5.45. The zero-order valence-corrected chi connectivity index (χ0v) is 10.1. The highest BCUT2D eigenvalue weighted by Gasteiger charge is 2.35. The molecule has 0 saturated carbocycles. The Labute approximate surface area is 105 Å². The van der Waals surface area contributed by atoms with Crippen LogP contribution in [0.15, 0.2) is 0 Å². The fraction of sp³-hybridized carbons (Fsp3) is 0.727. The number of nitrogens with zero attached hydrogens (tertiary/aromatic N) is 2. The average Bonchev–Trinajstić information content (AvgIpc) is 2.50. The Balaban J connectivity index is 1.91. The summed E-state index contributed by atoms with van der Waals surface area (Å²) in [6.45, 7) is 2.71. The van der Waals surface area contributed by atoms with Crippen LogP contribution in [0.4, 0.5) is 0 Å². The molecule has 2 heterocycles. The molecule has 1 unspecified atom stereocenters. The molecule has 0 aromatic heterocycles. The van der Waals surface area contributed by atoms with Crippen LogP contribution in [0.1, 0.15) is 12.8 Å². The predicted molar refractivity (Wildman–Crippen MR) is 61.8 cm³/mol. The molecule has 2 aliphatic rings. The van der Waals surface area contributed by atoms with Crippen molar-refractivity contribution in [2.45, 2.75) is 18.9 Å². The van der Waals surface area contributed by atoms with Gasteiger partial charge in [-0.1, -0.05) is 0 Å². The van der Waals surface area contributed by atoms with Crippen LogP contribution in [0.5, 0.6) is 0 Å². The Morgan fingerprint density at radius 2 is 2.06 bits per heavy atom. The van der Waals surface area contributed by atoms with E-state index >= 15 is 0 Å². The van der Waals surface area contributed by atoms with E-state index in [9.17, 15) is 14.4 Å². The first-order valence-corrected chi connectivity index (χ1v) is 6.08. The van der Waals surface area contributed by atoms with Crippen LogP contribution in [0, 0.1) is 0 Å². The highest BCUT2D eigenvalue weighted by atomic mass is 16.4. The number of hydrogen-bond acceptors (Lipinski definition) is 5. The molecular formula is C11H17N3O4. The molecule has 0 spiro atoms. The topological polar surface area (TPSA) is 89.9 Å². The third kappa shape index (κ3) is 3.05. The van der Waals surface area contributed by atoms with Gasteiger partial charge in [-0.2, -0.15) is 0 Å². The fourth-order valence-electron chi connectivity index (χ4n) is 2.49. The first-order chi connectivity index (χ1) is 8.56. The van der Waals surface area contributed by atoms with E-state index in [1.165, 1.54) is 0 Å². The summed E-state index contributed by atoms with van der Waals surface area (Å²) in [4.78, 5) is 37.2. The van der Waals surface area contributed by atoms with Gasteiger partial charge in [0, 0.05) is 26.2 Å². The van der Waals surface area contributed by atoms with Crippen LogP contribution in [0.2, 0.25) is 0 Å². The van der Waals surface area contributed by atoms with Crippen LogP contribution in [0.3, 0.4) is 0 Å². The molecule has 2 amide bonds. The van der Waals surface area contributed by atoms with Crippen LogP contribution >= 0.6 is 0 Å². The van der Waals surface area contributed by atoms with Gasteiger partial charge in [0.15, 0.2) is 0 Å². The lowest BCUT2D eigenvalue weighted by atomic mass is 10.2. The zero-order valence-electron chi connectivity index (χ0n) is 10.1. The van der Waals surface area contributed by atoms with E-state index in [4.69, 9.17) is 5.11 Å². The third-order valence-electron chi connectivity index (χ3n) is 3.37. The number of hydrogen-bond donors (Lipinski definition) is 2. The molecular weight excluding hydrogens is 238 g/mol. The van der Waals surface area contributed by atoms with Gasteiger partial charge in [0.1, 0.15) is 0 Å². The minimum Gasteiger partial charge on any atom is -0.480 e. The van der Waals surface area contributed by atoms with Crippen molar-refractivity contribution < 1.29 is 19.5 Å². The van der Waals surface area contributed by atoms with E-state index in [1.54, 1.807) is 0 Å². The van der Waals surface area contributed by atoms with Gasteiger partial charge in [0.2, 0.25) is 11.8 Å². The smallest absolute Gasteiger partial charge is 0.317 e. The molecule has 2 N–H and O–H groups in total. The largest absolute Gasteiger partial charge is 0.480 e. The van der Waals surface area contributed by atoms with Crippen molar-refractivity contribution in [2.24, 2.45) is 0 Å². The van der Waals surface area contributed by atoms with Gasteiger partial charge in [-0.3, -0.25) is 29.5 Å². The summed E-state index contributed by atoms with van der Waals surface area (Å²) < 4.78 is 0. The Morgan fingerprint density at radius 1 is 1.28 bits per heavy atom. The van der Waals surface area contributed by atoms with Crippen molar-refractivity contribution in [3.05, 3.63) is 0 Å². The summed E-state index contributed by atoms with van der Waals surface area (Å²) in [5, 5.41) is 11.0. The Kier molecular flexibility index (Phi) is 3.93. The SMILES string of the molecule is O=C(O)CN1CCCN(C2CC(=O)NC2=O)CC1. The second-order valence-electron chi connectivity index (χ2n) is 4.69. The summed E-state index contributed by atoms with van der Waals surface area (Å²) in [5.41, 5.74) is 0. The Morgan fingerprint density at radius 3 is 2.67 bits per heavy atom. The summed E-state index contributed by atoms with van der Waals surface area (Å²) in [6, 6.07) is -0.373. The van der Waals surface area contributed by atoms with E-state index in [1.807, 2.05) is 9.80 Å². The third-order valence-corrected chi connectivity index (χ3v) is 3.37. The quantitative estimate of drug-likeness (QED) is 0.596. The van der Waals surface area contributed by atoms with E-state index < -0.39 is 5.97 Å². The van der Waals surface area contributed by atoms with Gasteiger partial charge in [0.05, 0.1) is 19.0 Å². The summed E-state index contributed by atoms with van der Waals surface area (Å²) >= 11 is 0. The van der Waals surface area contributed by atoms with Crippen molar-refractivity contribution in [1.82, 2.24) is 15.1 Å². The van der Waals surface area contributed by atoms with Crippen molar-refractivity contribution in [2.75, 3.05) is 32.7 Å². The number of carbonyl (C=O) groups excluding carboxylic acids is 2. The highest BCUT2D eigenvalue weighted by molar-refractivity contribution is 6.05. The van der Waals surface area contributed by atoms with Gasteiger partial charge in [-0.05, 0) is 6.42 Å².